The molecule has 0 aliphatic heterocycles. The van der Waals surface area contributed by atoms with Crippen molar-refractivity contribution in [3.05, 3.63) is 34.9 Å². The van der Waals surface area contributed by atoms with Crippen LogP contribution < -0.4 is 5.32 Å². The predicted molar refractivity (Wildman–Crippen MR) is 71.7 cm³/mol. The molecule has 2 rings (SSSR count). The number of nitrogens with zero attached hydrogens (tertiary/aromatic N) is 4. The second kappa shape index (κ2) is 5.44. The van der Waals surface area contributed by atoms with E-state index in [2.05, 4.69) is 15.5 Å². The van der Waals surface area contributed by atoms with Crippen molar-refractivity contribution in [2.24, 2.45) is 7.05 Å². The Morgan fingerprint density at radius 1 is 1.53 bits per heavy atom. The van der Waals surface area contributed by atoms with Crippen LogP contribution in [0, 0.1) is 6.92 Å². The molecule has 1 atom stereocenters. The van der Waals surface area contributed by atoms with E-state index in [1.807, 2.05) is 20.2 Å². The Morgan fingerprint density at radius 2 is 2.26 bits per heavy atom. The van der Waals surface area contributed by atoms with Crippen LogP contribution in [0.15, 0.2) is 18.6 Å². The van der Waals surface area contributed by atoms with Gasteiger partial charge in [0.1, 0.15) is 6.04 Å². The number of carbonyl (C=O) groups is 1. The zero-order valence-corrected chi connectivity index (χ0v) is 11.8. The lowest BCUT2D eigenvalue weighted by Gasteiger charge is -2.12. The van der Waals surface area contributed by atoms with E-state index >= 15 is 0 Å². The van der Waals surface area contributed by atoms with Crippen LogP contribution in [-0.4, -0.2) is 25.5 Å². The number of carbonyl (C=O) groups excluding carboxylic acids is 1. The number of amides is 1. The first kappa shape index (κ1) is 13.6. The maximum Gasteiger partial charge on any atom is 0.244 e. The lowest BCUT2D eigenvalue weighted by molar-refractivity contribution is -0.124. The maximum atomic E-state index is 12.0. The molecule has 19 heavy (non-hydrogen) atoms. The van der Waals surface area contributed by atoms with Gasteiger partial charge in [-0.25, -0.2) is 0 Å². The van der Waals surface area contributed by atoms with Gasteiger partial charge in [0.05, 0.1) is 16.9 Å². The molecule has 0 saturated heterocycles. The van der Waals surface area contributed by atoms with E-state index < -0.39 is 6.04 Å². The first-order valence-corrected chi connectivity index (χ1v) is 6.31. The Morgan fingerprint density at radius 3 is 2.79 bits per heavy atom. The van der Waals surface area contributed by atoms with Gasteiger partial charge in [-0.15, -0.1) is 0 Å². The van der Waals surface area contributed by atoms with Gasteiger partial charge in [-0.2, -0.15) is 10.2 Å². The monoisotopic (exact) mass is 281 g/mol. The average molecular weight is 282 g/mol. The molecule has 1 unspecified atom stereocenters. The summed E-state index contributed by atoms with van der Waals surface area (Å²) >= 11 is 5.78. The number of nitrogens with one attached hydrogen (secondary N) is 1. The smallest absolute Gasteiger partial charge is 0.244 e. The Kier molecular flexibility index (Phi) is 3.90. The zero-order valence-electron chi connectivity index (χ0n) is 11.1. The Balaban J connectivity index is 1.96. The van der Waals surface area contributed by atoms with E-state index in [1.54, 1.807) is 17.8 Å². The number of aryl methyl sites for hydroxylation is 2. The van der Waals surface area contributed by atoms with Gasteiger partial charge < -0.3 is 5.32 Å². The lowest BCUT2D eigenvalue weighted by Crippen LogP contribution is -2.30. The van der Waals surface area contributed by atoms with Crippen molar-refractivity contribution in [1.29, 1.82) is 0 Å². The van der Waals surface area contributed by atoms with Crippen molar-refractivity contribution >= 4 is 17.5 Å². The summed E-state index contributed by atoms with van der Waals surface area (Å²) in [5, 5.41) is 11.6. The maximum absolute atomic E-state index is 12.0. The largest absolute Gasteiger partial charge is 0.350 e. The minimum Gasteiger partial charge on any atom is -0.350 e. The second-order valence-electron chi connectivity index (χ2n) is 4.45. The van der Waals surface area contributed by atoms with Crippen LogP contribution in [0.3, 0.4) is 0 Å². The summed E-state index contributed by atoms with van der Waals surface area (Å²) in [5.41, 5.74) is 1.92. The predicted octanol–water partition coefficient (Wildman–Crippen LogP) is 1.46. The summed E-state index contributed by atoms with van der Waals surface area (Å²) in [6.45, 7) is 4.14. The van der Waals surface area contributed by atoms with Crippen molar-refractivity contribution in [1.82, 2.24) is 24.9 Å². The molecule has 0 bridgehead atoms. The molecule has 0 aliphatic carbocycles. The van der Waals surface area contributed by atoms with E-state index in [0.717, 1.165) is 11.3 Å². The summed E-state index contributed by atoms with van der Waals surface area (Å²) in [4.78, 5) is 12.0. The Hall–Kier alpha value is -1.82. The normalized spacial score (nSPS) is 12.4. The van der Waals surface area contributed by atoms with Crippen molar-refractivity contribution in [3.63, 3.8) is 0 Å². The number of hydrogen-bond donors (Lipinski definition) is 1. The molecule has 0 radical (unpaired) electrons. The molecule has 0 spiro atoms. The van der Waals surface area contributed by atoms with E-state index in [0.29, 0.717) is 11.6 Å². The standard InChI is InChI=1S/C12H16ClN5O/c1-8-10(6-17(3)16-8)4-14-12(19)9(2)18-7-11(13)5-15-18/h5-7,9H,4H2,1-3H3,(H,14,19). The summed E-state index contributed by atoms with van der Waals surface area (Å²) in [6.07, 6.45) is 5.03. The third-order valence-corrected chi connectivity index (χ3v) is 3.11. The van der Waals surface area contributed by atoms with Crippen molar-refractivity contribution in [2.75, 3.05) is 0 Å². The van der Waals surface area contributed by atoms with Crippen molar-refractivity contribution < 1.29 is 4.79 Å². The molecule has 7 heteroatoms. The zero-order chi connectivity index (χ0) is 14.0. The minimum atomic E-state index is -0.399. The summed E-state index contributed by atoms with van der Waals surface area (Å²) in [7, 11) is 1.85. The highest BCUT2D eigenvalue weighted by Crippen LogP contribution is 2.11. The van der Waals surface area contributed by atoms with Gasteiger partial charge in [0, 0.05) is 31.5 Å². The molecule has 1 amide bonds. The topological polar surface area (TPSA) is 64.7 Å². The molecule has 0 saturated carbocycles. The van der Waals surface area contributed by atoms with Gasteiger partial charge in [-0.3, -0.25) is 14.2 Å². The van der Waals surface area contributed by atoms with Gasteiger partial charge in [-0.1, -0.05) is 11.6 Å². The van der Waals surface area contributed by atoms with Crippen LogP contribution >= 0.6 is 11.6 Å². The first-order valence-electron chi connectivity index (χ1n) is 5.94. The fourth-order valence-corrected chi connectivity index (χ4v) is 1.94. The molecule has 1 N–H and O–H groups in total. The molecule has 2 aromatic heterocycles. The van der Waals surface area contributed by atoms with E-state index in [4.69, 9.17) is 11.6 Å². The van der Waals surface area contributed by atoms with E-state index in [9.17, 15) is 4.79 Å². The number of halogens is 1. The summed E-state index contributed by atoms with van der Waals surface area (Å²) in [5.74, 6) is -0.108. The third-order valence-electron chi connectivity index (χ3n) is 2.91. The van der Waals surface area contributed by atoms with Gasteiger partial charge in [0.15, 0.2) is 0 Å². The summed E-state index contributed by atoms with van der Waals surface area (Å²) < 4.78 is 3.27. The van der Waals surface area contributed by atoms with Gasteiger partial charge >= 0.3 is 0 Å². The molecule has 0 aromatic carbocycles. The molecule has 6 nitrogen and oxygen atoms in total. The average Bonchev–Trinajstić information content (AvgIpc) is 2.91. The van der Waals surface area contributed by atoms with E-state index in [1.165, 1.54) is 10.9 Å². The van der Waals surface area contributed by atoms with Crippen LogP contribution in [-0.2, 0) is 18.4 Å². The van der Waals surface area contributed by atoms with Crippen LogP contribution in [0.25, 0.3) is 0 Å². The highest BCUT2D eigenvalue weighted by atomic mass is 35.5. The molecular weight excluding hydrogens is 266 g/mol. The molecule has 2 heterocycles. The lowest BCUT2D eigenvalue weighted by atomic mass is 10.2. The van der Waals surface area contributed by atoms with Crippen molar-refractivity contribution in [3.8, 4) is 0 Å². The fraction of sp³-hybridized carbons (Fsp3) is 0.417. The van der Waals surface area contributed by atoms with Gasteiger partial charge in [0.25, 0.3) is 0 Å². The first-order chi connectivity index (χ1) is 8.97. The summed E-state index contributed by atoms with van der Waals surface area (Å²) in [6, 6.07) is -0.399. The highest BCUT2D eigenvalue weighted by Gasteiger charge is 2.16. The highest BCUT2D eigenvalue weighted by molar-refractivity contribution is 6.30. The molecule has 0 fully saturated rings. The molecule has 2 aromatic rings. The number of rotatable bonds is 4. The second-order valence-corrected chi connectivity index (χ2v) is 4.88. The third kappa shape index (κ3) is 3.14. The van der Waals surface area contributed by atoms with Crippen LogP contribution in [0.5, 0.6) is 0 Å². The molecule has 102 valence electrons. The molecule has 0 aliphatic rings. The number of aromatic nitrogens is 4. The minimum absolute atomic E-state index is 0.108. The Labute approximate surface area is 116 Å². The SMILES string of the molecule is Cc1nn(C)cc1CNC(=O)C(C)n1cc(Cl)cn1. The Bertz CT molecular complexity index is 589. The van der Waals surface area contributed by atoms with E-state index in [-0.39, 0.29) is 5.91 Å². The number of hydrogen-bond acceptors (Lipinski definition) is 3. The van der Waals surface area contributed by atoms with Crippen molar-refractivity contribution in [2.45, 2.75) is 26.4 Å². The van der Waals surface area contributed by atoms with Crippen LogP contribution in [0.1, 0.15) is 24.2 Å². The molecular formula is C12H16ClN5O. The van der Waals surface area contributed by atoms with Gasteiger partial charge in [0.2, 0.25) is 5.91 Å². The fourth-order valence-electron chi connectivity index (χ4n) is 1.80. The van der Waals surface area contributed by atoms with Gasteiger partial charge in [-0.05, 0) is 13.8 Å². The van der Waals surface area contributed by atoms with Crippen LogP contribution in [0.2, 0.25) is 5.02 Å². The van der Waals surface area contributed by atoms with Crippen LogP contribution in [0.4, 0.5) is 0 Å². The quantitative estimate of drug-likeness (QED) is 0.923.